The monoisotopic (exact) mass is 374 g/mol. The summed E-state index contributed by atoms with van der Waals surface area (Å²) in [5.41, 5.74) is -1.06. The summed E-state index contributed by atoms with van der Waals surface area (Å²) in [6, 6.07) is 4.87. The number of amides is 1. The van der Waals surface area contributed by atoms with Crippen molar-refractivity contribution in [3.63, 3.8) is 0 Å². The first-order valence-corrected chi connectivity index (χ1v) is 8.58. The van der Waals surface area contributed by atoms with Crippen molar-refractivity contribution >= 4 is 5.91 Å². The molecule has 0 saturated carbocycles. The Kier molecular flexibility index (Phi) is 6.88. The number of halogens is 3. The highest BCUT2D eigenvalue weighted by Gasteiger charge is 2.36. The Morgan fingerprint density at radius 2 is 1.96 bits per heavy atom. The van der Waals surface area contributed by atoms with Gasteiger partial charge in [0, 0.05) is 19.1 Å². The molecular weight excluding hydrogens is 349 g/mol. The second-order valence-corrected chi connectivity index (χ2v) is 6.65. The van der Waals surface area contributed by atoms with Crippen LogP contribution in [0.2, 0.25) is 0 Å². The fraction of sp³-hybridized carbons (Fsp3) is 0.611. The molecule has 146 valence electrons. The summed E-state index contributed by atoms with van der Waals surface area (Å²) in [6.07, 6.45) is -3.87. The summed E-state index contributed by atoms with van der Waals surface area (Å²) in [5, 5.41) is 6.07. The molecule has 1 unspecified atom stereocenters. The van der Waals surface area contributed by atoms with Crippen LogP contribution in [0.15, 0.2) is 24.3 Å². The predicted molar refractivity (Wildman–Crippen MR) is 91.0 cm³/mol. The maximum absolute atomic E-state index is 13.0. The van der Waals surface area contributed by atoms with Crippen molar-refractivity contribution in [1.29, 1.82) is 0 Å². The number of hydrogen-bond donors (Lipinski definition) is 2. The lowest BCUT2D eigenvalue weighted by molar-refractivity contribution is -0.140. The van der Waals surface area contributed by atoms with Crippen LogP contribution in [0.4, 0.5) is 13.2 Å². The fourth-order valence-electron chi connectivity index (χ4n) is 3.10. The molecule has 0 spiro atoms. The Balaban J connectivity index is 1.98. The lowest BCUT2D eigenvalue weighted by Crippen LogP contribution is -2.49. The van der Waals surface area contributed by atoms with Gasteiger partial charge in [0.25, 0.3) is 5.91 Å². The third-order valence-corrected chi connectivity index (χ3v) is 4.62. The minimum absolute atomic E-state index is 0.167. The molecule has 1 aliphatic heterocycles. The molecule has 1 heterocycles. The maximum atomic E-state index is 13.0. The van der Waals surface area contributed by atoms with Crippen molar-refractivity contribution in [1.82, 2.24) is 10.6 Å². The highest BCUT2D eigenvalue weighted by Crippen LogP contribution is 2.36. The Labute approximate surface area is 151 Å². The number of para-hydroxylation sites is 1. The highest BCUT2D eigenvalue weighted by atomic mass is 19.4. The quantitative estimate of drug-likeness (QED) is 0.770. The SMILES string of the molecule is COCC1(CNC(=O)C(C)Oc2ccccc2C(F)(F)F)CCNCC1. The van der Waals surface area contributed by atoms with E-state index in [1.54, 1.807) is 7.11 Å². The van der Waals surface area contributed by atoms with Gasteiger partial charge < -0.3 is 20.1 Å². The third-order valence-electron chi connectivity index (χ3n) is 4.62. The van der Waals surface area contributed by atoms with Gasteiger partial charge in [0.05, 0.1) is 12.2 Å². The number of carbonyl (C=O) groups excluding carboxylic acids is 1. The van der Waals surface area contributed by atoms with E-state index < -0.39 is 23.8 Å². The van der Waals surface area contributed by atoms with Gasteiger partial charge in [0.15, 0.2) is 6.10 Å². The van der Waals surface area contributed by atoms with Gasteiger partial charge in [-0.1, -0.05) is 12.1 Å². The zero-order valence-corrected chi connectivity index (χ0v) is 15.0. The van der Waals surface area contributed by atoms with Crippen molar-refractivity contribution in [2.24, 2.45) is 5.41 Å². The van der Waals surface area contributed by atoms with Crippen LogP contribution in [0.5, 0.6) is 5.75 Å². The lowest BCUT2D eigenvalue weighted by Gasteiger charge is -2.37. The number of nitrogens with one attached hydrogen (secondary N) is 2. The van der Waals surface area contributed by atoms with Gasteiger partial charge in [-0.15, -0.1) is 0 Å². The van der Waals surface area contributed by atoms with Crippen LogP contribution in [-0.2, 0) is 15.7 Å². The molecule has 26 heavy (non-hydrogen) atoms. The van der Waals surface area contributed by atoms with E-state index in [4.69, 9.17) is 9.47 Å². The molecule has 1 atom stereocenters. The Morgan fingerprint density at radius 3 is 2.58 bits per heavy atom. The summed E-state index contributed by atoms with van der Waals surface area (Å²) in [5.74, 6) is -0.799. The average molecular weight is 374 g/mol. The van der Waals surface area contributed by atoms with Crippen LogP contribution in [0, 0.1) is 5.41 Å². The molecule has 1 amide bonds. The first-order chi connectivity index (χ1) is 12.3. The molecule has 8 heteroatoms. The molecule has 1 aromatic rings. The van der Waals surface area contributed by atoms with E-state index in [0.29, 0.717) is 13.2 Å². The minimum Gasteiger partial charge on any atom is -0.480 e. The van der Waals surface area contributed by atoms with Crippen molar-refractivity contribution in [2.45, 2.75) is 32.0 Å². The summed E-state index contributed by atoms with van der Waals surface area (Å²) < 4.78 is 49.7. The van der Waals surface area contributed by atoms with Crippen molar-refractivity contribution < 1.29 is 27.4 Å². The van der Waals surface area contributed by atoms with Gasteiger partial charge in [-0.3, -0.25) is 4.79 Å². The summed E-state index contributed by atoms with van der Waals surface area (Å²) >= 11 is 0. The van der Waals surface area contributed by atoms with Gasteiger partial charge >= 0.3 is 6.18 Å². The molecule has 1 saturated heterocycles. The van der Waals surface area contributed by atoms with Crippen LogP contribution in [0.1, 0.15) is 25.3 Å². The minimum atomic E-state index is -4.54. The first-order valence-electron chi connectivity index (χ1n) is 8.58. The molecule has 1 aliphatic rings. The summed E-state index contributed by atoms with van der Waals surface area (Å²) in [7, 11) is 1.62. The molecule has 0 bridgehead atoms. The van der Waals surface area contributed by atoms with E-state index in [-0.39, 0.29) is 11.2 Å². The number of alkyl halides is 3. The van der Waals surface area contributed by atoms with Gasteiger partial charge in [-0.25, -0.2) is 0 Å². The second kappa shape index (κ2) is 8.73. The van der Waals surface area contributed by atoms with Crippen LogP contribution in [0.25, 0.3) is 0 Å². The van der Waals surface area contributed by atoms with E-state index in [0.717, 1.165) is 32.0 Å². The summed E-state index contributed by atoms with van der Waals surface area (Å²) in [6.45, 7) is 4.03. The zero-order chi connectivity index (χ0) is 19.2. The van der Waals surface area contributed by atoms with Gasteiger partial charge in [-0.2, -0.15) is 13.2 Å². The fourth-order valence-corrected chi connectivity index (χ4v) is 3.10. The van der Waals surface area contributed by atoms with E-state index in [1.165, 1.54) is 25.1 Å². The molecule has 1 fully saturated rings. The van der Waals surface area contributed by atoms with Crippen LogP contribution in [-0.4, -0.2) is 45.4 Å². The van der Waals surface area contributed by atoms with E-state index in [9.17, 15) is 18.0 Å². The van der Waals surface area contributed by atoms with E-state index in [2.05, 4.69) is 10.6 Å². The molecule has 0 aliphatic carbocycles. The molecule has 5 nitrogen and oxygen atoms in total. The van der Waals surface area contributed by atoms with Gasteiger partial charge in [-0.05, 0) is 45.0 Å². The second-order valence-electron chi connectivity index (χ2n) is 6.65. The molecule has 0 aromatic heterocycles. The zero-order valence-electron chi connectivity index (χ0n) is 15.0. The molecule has 2 N–H and O–H groups in total. The molecule has 2 rings (SSSR count). The van der Waals surface area contributed by atoms with Crippen molar-refractivity contribution in [3.05, 3.63) is 29.8 Å². The number of piperidine rings is 1. The number of ether oxygens (including phenoxy) is 2. The van der Waals surface area contributed by atoms with Crippen molar-refractivity contribution in [2.75, 3.05) is 33.4 Å². The number of rotatable bonds is 7. The van der Waals surface area contributed by atoms with Crippen LogP contribution in [0.3, 0.4) is 0 Å². The number of benzene rings is 1. The van der Waals surface area contributed by atoms with Crippen LogP contribution < -0.4 is 15.4 Å². The highest BCUT2D eigenvalue weighted by molar-refractivity contribution is 5.80. The van der Waals surface area contributed by atoms with Gasteiger partial charge in [0.1, 0.15) is 5.75 Å². The molecular formula is C18H25F3N2O3. The first kappa shape index (κ1) is 20.5. The standard InChI is InChI=1S/C18H25F3N2O3/c1-13(26-15-6-4-3-5-14(15)18(19,20)21)16(24)23-11-17(12-25-2)7-9-22-10-8-17/h3-6,13,22H,7-12H2,1-2H3,(H,23,24). The Hall–Kier alpha value is -1.80. The molecule has 1 aromatic carbocycles. The molecule has 0 radical (unpaired) electrons. The summed E-state index contributed by atoms with van der Waals surface area (Å²) in [4.78, 5) is 12.3. The maximum Gasteiger partial charge on any atom is 0.419 e. The Bertz CT molecular complexity index is 596. The number of hydrogen-bond acceptors (Lipinski definition) is 4. The average Bonchev–Trinajstić information content (AvgIpc) is 2.60. The third kappa shape index (κ3) is 5.35. The van der Waals surface area contributed by atoms with Crippen LogP contribution >= 0.6 is 0 Å². The number of carbonyl (C=O) groups is 1. The van der Waals surface area contributed by atoms with E-state index >= 15 is 0 Å². The van der Waals surface area contributed by atoms with Gasteiger partial charge in [0.2, 0.25) is 0 Å². The number of methoxy groups -OCH3 is 1. The Morgan fingerprint density at radius 1 is 1.31 bits per heavy atom. The van der Waals surface area contributed by atoms with Crippen molar-refractivity contribution in [3.8, 4) is 5.75 Å². The predicted octanol–water partition coefficient (Wildman–Crippen LogP) is 2.61. The lowest BCUT2D eigenvalue weighted by atomic mass is 9.79. The smallest absolute Gasteiger partial charge is 0.419 e. The largest absolute Gasteiger partial charge is 0.480 e. The topological polar surface area (TPSA) is 59.6 Å². The van der Waals surface area contributed by atoms with E-state index in [1.807, 2.05) is 0 Å². The normalized spacial score (nSPS) is 18.2.